The molecule has 0 saturated heterocycles. The highest BCUT2D eigenvalue weighted by atomic mass is 79.9. The molecule has 1 aromatic carbocycles. The maximum absolute atomic E-state index is 13.0. The molecule has 0 aliphatic carbocycles. The van der Waals surface area contributed by atoms with Gasteiger partial charge in [0.25, 0.3) is 0 Å². The van der Waals surface area contributed by atoms with E-state index in [2.05, 4.69) is 38.4 Å². The summed E-state index contributed by atoms with van der Waals surface area (Å²) in [4.78, 5) is 0. The van der Waals surface area contributed by atoms with E-state index in [0.29, 0.717) is 12.0 Å². The van der Waals surface area contributed by atoms with Gasteiger partial charge in [0.05, 0.1) is 0 Å². The van der Waals surface area contributed by atoms with Crippen LogP contribution in [-0.4, -0.2) is 0 Å². The lowest BCUT2D eigenvalue weighted by molar-refractivity contribution is 0.614. The molecular formula is C9H7Br2F. The maximum atomic E-state index is 13.0. The lowest BCUT2D eigenvalue weighted by Gasteiger charge is -2.01. The first kappa shape index (κ1) is 9.93. The van der Waals surface area contributed by atoms with Crippen molar-refractivity contribution in [3.63, 3.8) is 0 Å². The Morgan fingerprint density at radius 3 is 2.75 bits per heavy atom. The molecule has 0 fully saturated rings. The third kappa shape index (κ3) is 2.72. The van der Waals surface area contributed by atoms with E-state index in [0.717, 1.165) is 8.96 Å². The third-order valence-electron chi connectivity index (χ3n) is 1.39. The second-order valence-corrected chi connectivity index (χ2v) is 4.47. The van der Waals surface area contributed by atoms with Crippen molar-refractivity contribution >= 4 is 31.9 Å². The van der Waals surface area contributed by atoms with Crippen molar-refractivity contribution in [2.75, 3.05) is 0 Å². The van der Waals surface area contributed by atoms with Gasteiger partial charge in [-0.25, -0.2) is 4.39 Å². The van der Waals surface area contributed by atoms with E-state index in [9.17, 15) is 4.39 Å². The van der Waals surface area contributed by atoms with E-state index in [-0.39, 0.29) is 5.82 Å². The third-order valence-corrected chi connectivity index (χ3v) is 2.16. The summed E-state index contributed by atoms with van der Waals surface area (Å²) in [5, 5.41) is 0. The molecule has 12 heavy (non-hydrogen) atoms. The van der Waals surface area contributed by atoms with Gasteiger partial charge in [-0.15, -0.1) is 0 Å². The Kier molecular flexibility index (Phi) is 3.47. The molecule has 0 aliphatic rings. The van der Waals surface area contributed by atoms with Crippen LogP contribution >= 0.6 is 31.9 Å². The highest BCUT2D eigenvalue weighted by molar-refractivity contribution is 9.11. The van der Waals surface area contributed by atoms with E-state index < -0.39 is 0 Å². The minimum Gasteiger partial charge on any atom is -0.207 e. The quantitative estimate of drug-likeness (QED) is 0.772. The molecule has 0 N–H and O–H groups in total. The van der Waals surface area contributed by atoms with Gasteiger partial charge in [0.15, 0.2) is 0 Å². The van der Waals surface area contributed by atoms with Crippen LogP contribution in [-0.2, 0) is 6.42 Å². The fourth-order valence-electron chi connectivity index (χ4n) is 0.885. The Labute approximate surface area is 87.7 Å². The predicted molar refractivity (Wildman–Crippen MR) is 55.9 cm³/mol. The summed E-state index contributed by atoms with van der Waals surface area (Å²) < 4.78 is 14.7. The van der Waals surface area contributed by atoms with Crippen LogP contribution in [0.1, 0.15) is 5.56 Å². The fraction of sp³-hybridized carbons (Fsp3) is 0.111. The van der Waals surface area contributed by atoms with Crippen molar-refractivity contribution in [3.05, 3.63) is 45.1 Å². The van der Waals surface area contributed by atoms with Gasteiger partial charge in [0, 0.05) is 10.9 Å². The molecule has 0 nitrogen and oxygen atoms in total. The SMILES string of the molecule is C=C(Br)Cc1cc(Br)ccc1F. The first-order valence-electron chi connectivity index (χ1n) is 3.37. The maximum Gasteiger partial charge on any atom is 0.126 e. The number of benzene rings is 1. The molecule has 3 heteroatoms. The Hall–Kier alpha value is -0.150. The number of allylic oxidation sites excluding steroid dienone is 1. The fourth-order valence-corrected chi connectivity index (χ4v) is 1.60. The second kappa shape index (κ2) is 4.19. The number of halogens is 3. The molecule has 0 bridgehead atoms. The van der Waals surface area contributed by atoms with Gasteiger partial charge in [-0.2, -0.15) is 0 Å². The lowest BCUT2D eigenvalue weighted by Crippen LogP contribution is -1.89. The van der Waals surface area contributed by atoms with Gasteiger partial charge in [-0.05, 0) is 28.2 Å². The van der Waals surface area contributed by atoms with Crippen molar-refractivity contribution in [2.45, 2.75) is 6.42 Å². The van der Waals surface area contributed by atoms with Gasteiger partial charge in [-0.3, -0.25) is 0 Å². The molecule has 1 rings (SSSR count). The molecule has 0 radical (unpaired) electrons. The van der Waals surface area contributed by atoms with Crippen LogP contribution in [0.15, 0.2) is 33.7 Å². The van der Waals surface area contributed by atoms with Crippen LogP contribution in [0.4, 0.5) is 4.39 Å². The van der Waals surface area contributed by atoms with Crippen molar-refractivity contribution in [1.29, 1.82) is 0 Å². The van der Waals surface area contributed by atoms with E-state index in [1.807, 2.05) is 0 Å². The zero-order chi connectivity index (χ0) is 9.14. The summed E-state index contributed by atoms with van der Waals surface area (Å²) in [7, 11) is 0. The van der Waals surface area contributed by atoms with Gasteiger partial charge in [0.1, 0.15) is 5.82 Å². The van der Waals surface area contributed by atoms with Crippen LogP contribution in [0.3, 0.4) is 0 Å². The van der Waals surface area contributed by atoms with Gasteiger partial charge in [-0.1, -0.05) is 38.4 Å². The van der Waals surface area contributed by atoms with E-state index in [1.165, 1.54) is 6.07 Å². The zero-order valence-corrected chi connectivity index (χ0v) is 9.45. The molecule has 0 heterocycles. The molecule has 0 spiro atoms. The minimum absolute atomic E-state index is 0.196. The summed E-state index contributed by atoms with van der Waals surface area (Å²) in [5.74, 6) is -0.196. The lowest BCUT2D eigenvalue weighted by atomic mass is 10.1. The largest absolute Gasteiger partial charge is 0.207 e. The molecule has 0 atom stereocenters. The van der Waals surface area contributed by atoms with Crippen LogP contribution < -0.4 is 0 Å². The Bertz CT molecular complexity index is 307. The van der Waals surface area contributed by atoms with Crippen molar-refractivity contribution < 1.29 is 4.39 Å². The van der Waals surface area contributed by atoms with E-state index in [4.69, 9.17) is 0 Å². The van der Waals surface area contributed by atoms with Gasteiger partial charge < -0.3 is 0 Å². The molecular weight excluding hydrogens is 287 g/mol. The van der Waals surface area contributed by atoms with Crippen LogP contribution in [0, 0.1) is 5.82 Å². The van der Waals surface area contributed by atoms with Gasteiger partial charge >= 0.3 is 0 Å². The van der Waals surface area contributed by atoms with Crippen molar-refractivity contribution in [3.8, 4) is 0 Å². The highest BCUT2D eigenvalue weighted by Crippen LogP contribution is 2.19. The summed E-state index contributed by atoms with van der Waals surface area (Å²) >= 11 is 6.47. The second-order valence-electron chi connectivity index (χ2n) is 2.43. The Balaban J connectivity index is 2.97. The number of hydrogen-bond acceptors (Lipinski definition) is 0. The topological polar surface area (TPSA) is 0 Å². The summed E-state index contributed by atoms with van der Waals surface area (Å²) in [6.45, 7) is 3.66. The van der Waals surface area contributed by atoms with Crippen LogP contribution in [0.2, 0.25) is 0 Å². The average molecular weight is 294 g/mol. The molecule has 0 aliphatic heterocycles. The predicted octanol–water partition coefficient (Wildman–Crippen LogP) is 4.04. The first-order chi connectivity index (χ1) is 5.59. The van der Waals surface area contributed by atoms with Crippen molar-refractivity contribution in [1.82, 2.24) is 0 Å². The number of hydrogen-bond donors (Lipinski definition) is 0. The number of rotatable bonds is 2. The summed E-state index contributed by atoms with van der Waals surface area (Å²) in [6, 6.07) is 4.87. The monoisotopic (exact) mass is 292 g/mol. The molecule has 0 unspecified atom stereocenters. The normalized spacial score (nSPS) is 9.92. The van der Waals surface area contributed by atoms with Crippen LogP contribution in [0.25, 0.3) is 0 Å². The van der Waals surface area contributed by atoms with E-state index in [1.54, 1.807) is 12.1 Å². The van der Waals surface area contributed by atoms with Crippen molar-refractivity contribution in [2.24, 2.45) is 0 Å². The molecule has 0 saturated carbocycles. The Morgan fingerprint density at radius 2 is 2.17 bits per heavy atom. The van der Waals surface area contributed by atoms with Crippen LogP contribution in [0.5, 0.6) is 0 Å². The molecule has 0 amide bonds. The standard InChI is InChI=1S/C9H7Br2F/c1-6(10)4-7-5-8(11)2-3-9(7)12/h2-3,5H,1,4H2. The minimum atomic E-state index is -0.196. The van der Waals surface area contributed by atoms with E-state index >= 15 is 0 Å². The summed E-state index contributed by atoms with van der Waals surface area (Å²) in [5.41, 5.74) is 0.645. The zero-order valence-electron chi connectivity index (χ0n) is 6.28. The highest BCUT2D eigenvalue weighted by Gasteiger charge is 2.02. The average Bonchev–Trinajstić information content (AvgIpc) is 1.96. The summed E-state index contributed by atoms with van der Waals surface area (Å²) in [6.07, 6.45) is 0.519. The molecule has 1 aromatic rings. The smallest absolute Gasteiger partial charge is 0.126 e. The first-order valence-corrected chi connectivity index (χ1v) is 4.95. The molecule has 0 aromatic heterocycles. The molecule has 64 valence electrons. The van der Waals surface area contributed by atoms with Gasteiger partial charge in [0.2, 0.25) is 0 Å². The Morgan fingerprint density at radius 1 is 1.50 bits per heavy atom.